The summed E-state index contributed by atoms with van der Waals surface area (Å²) in [4.78, 5) is 16.6. The number of hydrogen-bond donors (Lipinski definition) is 1. The Bertz CT molecular complexity index is 823. The van der Waals surface area contributed by atoms with Crippen LogP contribution < -0.4 is 10.1 Å². The highest BCUT2D eigenvalue weighted by Gasteiger charge is 2.42. The summed E-state index contributed by atoms with van der Waals surface area (Å²) in [6.07, 6.45) is 6.76. The number of nitrogens with one attached hydrogen (secondary N) is 1. The van der Waals surface area contributed by atoms with Gasteiger partial charge < -0.3 is 10.1 Å². The highest BCUT2D eigenvalue weighted by molar-refractivity contribution is 5.94. The average molecular weight is 348 g/mol. The number of hydrogen-bond acceptors (Lipinski definition) is 3. The lowest BCUT2D eigenvalue weighted by Crippen LogP contribution is -2.45. The van der Waals surface area contributed by atoms with Crippen LogP contribution in [0.4, 0.5) is 0 Å². The van der Waals surface area contributed by atoms with Crippen molar-refractivity contribution in [3.8, 4) is 5.75 Å². The van der Waals surface area contributed by atoms with E-state index in [0.29, 0.717) is 17.4 Å². The number of carbonyl (C=O) groups excluding carboxylic acids is 1. The molecule has 1 fully saturated rings. The Kier molecular flexibility index (Phi) is 4.49. The molecule has 0 aliphatic heterocycles. The van der Waals surface area contributed by atoms with E-state index in [-0.39, 0.29) is 11.9 Å². The van der Waals surface area contributed by atoms with Crippen molar-refractivity contribution >= 4 is 11.5 Å². The van der Waals surface area contributed by atoms with Crippen LogP contribution >= 0.6 is 0 Å². The summed E-state index contributed by atoms with van der Waals surface area (Å²) < 4.78 is 5.24. The Balaban J connectivity index is 1.50. The largest absolute Gasteiger partial charge is 0.497 e. The van der Waals surface area contributed by atoms with Gasteiger partial charge in [0.25, 0.3) is 5.91 Å². The first-order valence-electron chi connectivity index (χ1n) is 9.22. The number of allylic oxidation sites excluding steroid dienone is 1. The van der Waals surface area contributed by atoms with Gasteiger partial charge in [-0.05, 0) is 67.5 Å². The van der Waals surface area contributed by atoms with Gasteiger partial charge in [-0.3, -0.25) is 9.78 Å². The summed E-state index contributed by atoms with van der Waals surface area (Å²) in [5.41, 5.74) is 4.69. The third-order valence-electron chi connectivity index (χ3n) is 5.68. The van der Waals surface area contributed by atoms with Crippen molar-refractivity contribution in [1.29, 1.82) is 0 Å². The molecule has 134 valence electrons. The summed E-state index contributed by atoms with van der Waals surface area (Å²) in [5.74, 6) is 1.90. The van der Waals surface area contributed by atoms with Gasteiger partial charge >= 0.3 is 0 Å². The summed E-state index contributed by atoms with van der Waals surface area (Å²) >= 11 is 0. The molecule has 1 N–H and O–H groups in total. The molecule has 1 amide bonds. The number of nitrogens with zero attached hydrogens (tertiary/aromatic N) is 1. The van der Waals surface area contributed by atoms with Crippen LogP contribution in [-0.4, -0.2) is 24.0 Å². The zero-order valence-electron chi connectivity index (χ0n) is 15.2. The van der Waals surface area contributed by atoms with Gasteiger partial charge in [0.1, 0.15) is 5.75 Å². The van der Waals surface area contributed by atoms with Crippen LogP contribution in [-0.2, 0) is 0 Å². The minimum absolute atomic E-state index is 0.0132. The molecule has 4 rings (SSSR count). The van der Waals surface area contributed by atoms with Crippen LogP contribution in [0.3, 0.4) is 0 Å². The molecule has 1 heterocycles. The molecule has 1 saturated carbocycles. The first-order valence-corrected chi connectivity index (χ1v) is 9.22. The lowest BCUT2D eigenvalue weighted by atomic mass is 9.70. The Hall–Kier alpha value is -2.62. The van der Waals surface area contributed by atoms with Crippen LogP contribution in [0.1, 0.15) is 42.1 Å². The van der Waals surface area contributed by atoms with Crippen molar-refractivity contribution in [3.05, 3.63) is 65.5 Å². The minimum atomic E-state index is -0.0132. The standard InChI is InChI=1S/C22H24N2O2/c1-14-19(15-7-9-18(26-2)10-8-15)12-20(14)21(16-5-6-16)24-22(25)17-4-3-11-23-13-17/h3-4,7-11,13,16,20-21H,5-6,12H2,1-2H3,(H,24,25). The zero-order chi connectivity index (χ0) is 18.1. The van der Waals surface area contributed by atoms with E-state index in [1.807, 2.05) is 18.2 Å². The maximum atomic E-state index is 12.6. The number of amides is 1. The van der Waals surface area contributed by atoms with E-state index in [1.165, 1.54) is 29.6 Å². The van der Waals surface area contributed by atoms with Crippen LogP contribution in [0, 0.1) is 11.8 Å². The predicted molar refractivity (Wildman–Crippen MR) is 102 cm³/mol. The Morgan fingerprint density at radius 1 is 1.23 bits per heavy atom. The van der Waals surface area contributed by atoms with E-state index >= 15 is 0 Å². The number of rotatable bonds is 6. The second kappa shape index (κ2) is 6.94. The molecule has 0 saturated heterocycles. The Labute approximate surface area is 154 Å². The molecular weight excluding hydrogens is 324 g/mol. The second-order valence-corrected chi connectivity index (χ2v) is 7.28. The number of carbonyl (C=O) groups is 1. The van der Waals surface area contributed by atoms with Gasteiger partial charge in [0.05, 0.1) is 12.7 Å². The first-order chi connectivity index (χ1) is 12.7. The van der Waals surface area contributed by atoms with Gasteiger partial charge in [0.15, 0.2) is 0 Å². The van der Waals surface area contributed by atoms with E-state index in [0.717, 1.165) is 12.2 Å². The van der Waals surface area contributed by atoms with E-state index in [2.05, 4.69) is 29.4 Å². The summed E-state index contributed by atoms with van der Waals surface area (Å²) in [5, 5.41) is 3.28. The fourth-order valence-corrected chi connectivity index (χ4v) is 3.89. The molecule has 1 aromatic heterocycles. The van der Waals surface area contributed by atoms with E-state index < -0.39 is 0 Å². The van der Waals surface area contributed by atoms with E-state index in [9.17, 15) is 4.79 Å². The maximum Gasteiger partial charge on any atom is 0.253 e. The van der Waals surface area contributed by atoms with Crippen molar-refractivity contribution in [3.63, 3.8) is 0 Å². The zero-order valence-corrected chi connectivity index (χ0v) is 15.2. The number of benzene rings is 1. The van der Waals surface area contributed by atoms with Gasteiger partial charge in [0.2, 0.25) is 0 Å². The quantitative estimate of drug-likeness (QED) is 0.855. The molecule has 2 aliphatic carbocycles. The van der Waals surface area contributed by atoms with Crippen LogP contribution in [0.15, 0.2) is 54.4 Å². The molecule has 0 spiro atoms. The molecule has 26 heavy (non-hydrogen) atoms. The third-order valence-corrected chi connectivity index (χ3v) is 5.68. The molecule has 2 atom stereocenters. The van der Waals surface area contributed by atoms with Crippen molar-refractivity contribution < 1.29 is 9.53 Å². The van der Waals surface area contributed by atoms with E-state index in [1.54, 1.807) is 25.6 Å². The first kappa shape index (κ1) is 16.8. The molecule has 2 aromatic rings. The highest BCUT2D eigenvalue weighted by atomic mass is 16.5. The number of aromatic nitrogens is 1. The van der Waals surface area contributed by atoms with Gasteiger partial charge in [0, 0.05) is 24.4 Å². The molecular formula is C22H24N2O2. The van der Waals surface area contributed by atoms with Crippen molar-refractivity contribution in [2.75, 3.05) is 7.11 Å². The lowest BCUT2D eigenvalue weighted by molar-refractivity contribution is 0.0917. The monoisotopic (exact) mass is 348 g/mol. The molecule has 0 radical (unpaired) electrons. The van der Waals surface area contributed by atoms with Gasteiger partial charge in [-0.2, -0.15) is 0 Å². The van der Waals surface area contributed by atoms with Crippen molar-refractivity contribution in [1.82, 2.24) is 10.3 Å². The van der Waals surface area contributed by atoms with Gasteiger partial charge in [-0.25, -0.2) is 0 Å². The average Bonchev–Trinajstić information content (AvgIpc) is 3.52. The Morgan fingerprint density at radius 2 is 2.00 bits per heavy atom. The molecule has 2 aliphatic rings. The third kappa shape index (κ3) is 3.24. The molecule has 0 bridgehead atoms. The number of methoxy groups -OCH3 is 1. The summed E-state index contributed by atoms with van der Waals surface area (Å²) in [6.45, 7) is 2.21. The SMILES string of the molecule is COc1ccc(C2=C(C)C(C(NC(=O)c3cccnc3)C3CC3)C2)cc1. The van der Waals surface area contributed by atoms with Crippen molar-refractivity contribution in [2.45, 2.75) is 32.2 Å². The van der Waals surface area contributed by atoms with Crippen LogP contribution in [0.25, 0.3) is 5.57 Å². The number of ether oxygens (including phenoxy) is 1. The lowest BCUT2D eigenvalue weighted by Gasteiger charge is -2.38. The van der Waals surface area contributed by atoms with Crippen LogP contribution in [0.2, 0.25) is 0 Å². The number of pyridine rings is 1. The predicted octanol–water partition coefficient (Wildman–Crippen LogP) is 4.09. The normalized spacial score (nSPS) is 20.3. The molecule has 4 nitrogen and oxygen atoms in total. The van der Waals surface area contributed by atoms with E-state index in [4.69, 9.17) is 4.74 Å². The Morgan fingerprint density at radius 3 is 2.58 bits per heavy atom. The fraction of sp³-hybridized carbons (Fsp3) is 0.364. The smallest absolute Gasteiger partial charge is 0.253 e. The topological polar surface area (TPSA) is 51.2 Å². The van der Waals surface area contributed by atoms with Gasteiger partial charge in [-0.15, -0.1) is 0 Å². The summed E-state index contributed by atoms with van der Waals surface area (Å²) in [7, 11) is 1.68. The minimum Gasteiger partial charge on any atom is -0.497 e. The molecule has 2 unspecified atom stereocenters. The highest BCUT2D eigenvalue weighted by Crippen LogP contribution is 2.48. The summed E-state index contributed by atoms with van der Waals surface area (Å²) in [6, 6.07) is 12.1. The molecule has 4 heteroatoms. The fourth-order valence-electron chi connectivity index (χ4n) is 3.89. The van der Waals surface area contributed by atoms with Crippen molar-refractivity contribution in [2.24, 2.45) is 11.8 Å². The maximum absolute atomic E-state index is 12.6. The molecule has 1 aromatic carbocycles. The van der Waals surface area contributed by atoms with Crippen LogP contribution in [0.5, 0.6) is 5.75 Å². The van der Waals surface area contributed by atoms with Gasteiger partial charge in [-0.1, -0.05) is 17.7 Å². The second-order valence-electron chi connectivity index (χ2n) is 7.28.